The molecule has 2 N–H and O–H groups in total. The summed E-state index contributed by atoms with van der Waals surface area (Å²) in [6.45, 7) is 6.85. The van der Waals surface area contributed by atoms with Crippen LogP contribution in [0.2, 0.25) is 0 Å². The third-order valence-electron chi connectivity index (χ3n) is 6.92. The summed E-state index contributed by atoms with van der Waals surface area (Å²) >= 11 is 0. The maximum absolute atomic E-state index is 14.4. The first-order valence-corrected chi connectivity index (χ1v) is 11.6. The normalized spacial score (nSPS) is 24.6. The number of fused-ring (bicyclic) bond motifs is 1. The van der Waals surface area contributed by atoms with Gasteiger partial charge in [-0.25, -0.2) is 9.37 Å². The van der Waals surface area contributed by atoms with Gasteiger partial charge in [-0.3, -0.25) is 4.79 Å². The van der Waals surface area contributed by atoms with Crippen LogP contribution in [0, 0.1) is 23.1 Å². The van der Waals surface area contributed by atoms with Crippen molar-refractivity contribution in [2.75, 3.05) is 36.5 Å². The van der Waals surface area contributed by atoms with E-state index in [0.717, 1.165) is 36.8 Å². The van der Waals surface area contributed by atoms with Gasteiger partial charge in [-0.05, 0) is 48.9 Å². The van der Waals surface area contributed by atoms with Crippen LogP contribution in [0.4, 0.5) is 15.9 Å². The van der Waals surface area contributed by atoms with Crippen LogP contribution < -0.4 is 10.2 Å². The van der Waals surface area contributed by atoms with Crippen molar-refractivity contribution in [3.63, 3.8) is 0 Å². The van der Waals surface area contributed by atoms with Crippen LogP contribution in [0.5, 0.6) is 5.75 Å². The van der Waals surface area contributed by atoms with E-state index in [1.165, 1.54) is 25.3 Å². The molecule has 5 rings (SSSR count). The summed E-state index contributed by atoms with van der Waals surface area (Å²) in [5.74, 6) is 0.479. The Labute approximate surface area is 192 Å². The Morgan fingerprint density at radius 2 is 1.88 bits per heavy atom. The molecule has 3 heterocycles. The summed E-state index contributed by atoms with van der Waals surface area (Å²) in [6, 6.07) is 6.12. The minimum absolute atomic E-state index is 0.0637. The summed E-state index contributed by atoms with van der Waals surface area (Å²) in [6.07, 6.45) is 4.62. The van der Waals surface area contributed by atoms with E-state index in [2.05, 4.69) is 15.2 Å². The van der Waals surface area contributed by atoms with E-state index in [1.54, 1.807) is 12.3 Å². The Bertz CT molecular complexity index is 1020. The zero-order valence-corrected chi connectivity index (χ0v) is 19.0. The minimum Gasteiger partial charge on any atom is -0.504 e. The van der Waals surface area contributed by atoms with Crippen molar-refractivity contribution in [3.05, 3.63) is 47.4 Å². The lowest BCUT2D eigenvalue weighted by molar-refractivity contribution is -0.226. The third kappa shape index (κ3) is 4.54. The highest BCUT2D eigenvalue weighted by atomic mass is 19.1. The quantitative estimate of drug-likeness (QED) is 0.707. The number of aromatic hydroxyl groups is 1. The van der Waals surface area contributed by atoms with E-state index >= 15 is 0 Å². The predicted molar refractivity (Wildman–Crippen MR) is 122 cm³/mol. The maximum Gasteiger partial charge on any atom is 0.255 e. The van der Waals surface area contributed by atoms with Crippen LogP contribution >= 0.6 is 0 Å². The van der Waals surface area contributed by atoms with Crippen LogP contribution in [0.3, 0.4) is 0 Å². The second-order valence-electron chi connectivity index (χ2n) is 10.2. The molecule has 33 heavy (non-hydrogen) atoms. The smallest absolute Gasteiger partial charge is 0.255 e. The molecule has 0 unspecified atom stereocenters. The molecule has 0 radical (unpaired) electrons. The van der Waals surface area contributed by atoms with Gasteiger partial charge in [-0.2, -0.15) is 0 Å². The van der Waals surface area contributed by atoms with Crippen LogP contribution in [-0.4, -0.2) is 42.3 Å². The standard InChI is InChI=1S/C25H30FN3O4/c1-25(2)13-32-24(33-14-25)19-8-17(9-20(26)22(19)30)23(31)28-18-6-7-21(27-10-18)29-11-15-4-3-5-16(15)12-29/h6-10,15-16,24,30H,3-5,11-14H2,1-2H3,(H,28,31)/t15-,16+. The molecular weight excluding hydrogens is 425 g/mol. The number of rotatable bonds is 4. The lowest BCUT2D eigenvalue weighted by atomic mass is 9.95. The number of hydrogen-bond donors (Lipinski definition) is 2. The monoisotopic (exact) mass is 455 g/mol. The number of nitrogens with zero attached hydrogens (tertiary/aromatic N) is 2. The van der Waals surface area contributed by atoms with Gasteiger partial charge in [0.25, 0.3) is 5.91 Å². The van der Waals surface area contributed by atoms with Gasteiger partial charge in [0.1, 0.15) is 5.82 Å². The van der Waals surface area contributed by atoms with Crippen molar-refractivity contribution < 1.29 is 23.8 Å². The number of carbonyl (C=O) groups excluding carboxylic acids is 1. The molecule has 2 aliphatic heterocycles. The van der Waals surface area contributed by atoms with Gasteiger partial charge in [0.15, 0.2) is 17.9 Å². The number of anilines is 2. The van der Waals surface area contributed by atoms with E-state index < -0.39 is 23.8 Å². The first kappa shape index (κ1) is 22.1. The zero-order valence-electron chi connectivity index (χ0n) is 19.0. The SMILES string of the molecule is CC1(C)COC(c2cc(C(=O)Nc3ccc(N4C[C@H]5CCC[C@H]5C4)nc3)cc(F)c2O)OC1. The Morgan fingerprint density at radius 1 is 1.18 bits per heavy atom. The van der Waals surface area contributed by atoms with Crippen LogP contribution in [0.15, 0.2) is 30.5 Å². The lowest BCUT2D eigenvalue weighted by Gasteiger charge is -2.34. The molecule has 8 heteroatoms. The van der Waals surface area contributed by atoms with Crippen molar-refractivity contribution in [2.24, 2.45) is 17.3 Å². The van der Waals surface area contributed by atoms with Gasteiger partial charge in [0.2, 0.25) is 0 Å². The van der Waals surface area contributed by atoms with Gasteiger partial charge >= 0.3 is 0 Å². The van der Waals surface area contributed by atoms with Crippen LogP contribution in [-0.2, 0) is 9.47 Å². The first-order valence-electron chi connectivity index (χ1n) is 11.6. The second-order valence-corrected chi connectivity index (χ2v) is 10.2. The van der Waals surface area contributed by atoms with E-state index in [-0.39, 0.29) is 16.5 Å². The molecule has 1 aliphatic carbocycles. The number of phenolic OH excluding ortho intramolecular Hbond substituents is 1. The molecule has 3 fully saturated rings. The van der Waals surface area contributed by atoms with E-state index in [4.69, 9.17) is 9.47 Å². The van der Waals surface area contributed by atoms with E-state index in [0.29, 0.717) is 18.9 Å². The number of hydrogen-bond acceptors (Lipinski definition) is 6. The molecule has 2 atom stereocenters. The summed E-state index contributed by atoms with van der Waals surface area (Å²) in [4.78, 5) is 19.7. The highest BCUT2D eigenvalue weighted by Gasteiger charge is 2.36. The lowest BCUT2D eigenvalue weighted by Crippen LogP contribution is -2.34. The van der Waals surface area contributed by atoms with Crippen molar-refractivity contribution in [1.82, 2.24) is 4.98 Å². The molecule has 7 nitrogen and oxygen atoms in total. The predicted octanol–water partition coefficient (Wildman–Crippen LogP) is 4.49. The summed E-state index contributed by atoms with van der Waals surface area (Å²) in [5, 5.41) is 12.9. The molecule has 1 aromatic carbocycles. The van der Waals surface area contributed by atoms with Gasteiger partial charge in [-0.15, -0.1) is 0 Å². The Hall–Kier alpha value is -2.71. The highest BCUT2D eigenvalue weighted by molar-refractivity contribution is 6.04. The number of pyridine rings is 1. The zero-order chi connectivity index (χ0) is 23.2. The first-order chi connectivity index (χ1) is 15.8. The Morgan fingerprint density at radius 3 is 2.52 bits per heavy atom. The van der Waals surface area contributed by atoms with E-state index in [9.17, 15) is 14.3 Å². The molecule has 0 spiro atoms. The van der Waals surface area contributed by atoms with Gasteiger partial charge in [0.05, 0.1) is 30.7 Å². The van der Waals surface area contributed by atoms with Crippen molar-refractivity contribution in [2.45, 2.75) is 39.4 Å². The maximum atomic E-state index is 14.4. The second kappa shape index (κ2) is 8.57. The molecule has 2 aromatic rings. The average Bonchev–Trinajstić information content (AvgIpc) is 3.39. The van der Waals surface area contributed by atoms with Crippen molar-refractivity contribution in [1.29, 1.82) is 0 Å². The number of carbonyl (C=O) groups is 1. The number of halogens is 1. The molecule has 1 amide bonds. The molecule has 1 saturated carbocycles. The van der Waals surface area contributed by atoms with Crippen LogP contribution in [0.1, 0.15) is 55.3 Å². The third-order valence-corrected chi connectivity index (χ3v) is 6.92. The molecule has 2 saturated heterocycles. The minimum atomic E-state index is -0.929. The molecule has 176 valence electrons. The van der Waals surface area contributed by atoms with Crippen molar-refractivity contribution >= 4 is 17.4 Å². The fourth-order valence-electron chi connectivity index (χ4n) is 5.08. The van der Waals surface area contributed by atoms with E-state index in [1.807, 2.05) is 19.9 Å². The van der Waals surface area contributed by atoms with Gasteiger partial charge in [0, 0.05) is 24.1 Å². The number of ether oxygens (including phenoxy) is 2. The fraction of sp³-hybridized carbons (Fsp3) is 0.520. The fourth-order valence-corrected chi connectivity index (χ4v) is 5.08. The number of phenols is 1. The molecule has 1 aromatic heterocycles. The Balaban J connectivity index is 1.27. The summed E-state index contributed by atoms with van der Waals surface area (Å²) in [5.41, 5.74) is 0.509. The van der Waals surface area contributed by atoms with Gasteiger partial charge in [-0.1, -0.05) is 20.3 Å². The average molecular weight is 456 g/mol. The molecular formula is C25H30FN3O4. The molecule has 0 bridgehead atoms. The summed E-state index contributed by atoms with van der Waals surface area (Å²) in [7, 11) is 0. The van der Waals surface area contributed by atoms with Crippen molar-refractivity contribution in [3.8, 4) is 5.75 Å². The number of benzene rings is 1. The van der Waals surface area contributed by atoms with Gasteiger partial charge < -0.3 is 24.8 Å². The number of aromatic nitrogens is 1. The Kier molecular flexibility index (Phi) is 5.74. The topological polar surface area (TPSA) is 83.9 Å². The van der Waals surface area contributed by atoms with Crippen LogP contribution in [0.25, 0.3) is 0 Å². The summed E-state index contributed by atoms with van der Waals surface area (Å²) < 4.78 is 25.7. The number of nitrogens with one attached hydrogen (secondary N) is 1. The molecule has 3 aliphatic rings. The number of amides is 1. The highest BCUT2D eigenvalue weighted by Crippen LogP contribution is 2.39. The largest absolute Gasteiger partial charge is 0.504 e.